The van der Waals surface area contributed by atoms with Gasteiger partial charge in [-0.3, -0.25) is 4.79 Å². The lowest BCUT2D eigenvalue weighted by atomic mass is 9.97. The van der Waals surface area contributed by atoms with E-state index in [1.165, 1.54) is 21.7 Å². The van der Waals surface area contributed by atoms with Gasteiger partial charge in [-0.05, 0) is 56.4 Å². The SMILES string of the molecule is Cc1cccc(-n2c([C@@H]3[C@H]4CC[C@H](C4)N3c3cc(C(F)(F)F)cc(C(F)(F)F)n3)nccc2=O)n1. The second-order valence-corrected chi connectivity index (χ2v) is 8.79. The molecule has 3 aromatic heterocycles. The van der Waals surface area contributed by atoms with Crippen LogP contribution >= 0.6 is 0 Å². The van der Waals surface area contributed by atoms with Gasteiger partial charge in [-0.2, -0.15) is 26.3 Å². The molecule has 2 fully saturated rings. The van der Waals surface area contributed by atoms with Gasteiger partial charge >= 0.3 is 12.4 Å². The fraction of sp³-hybridized carbons (Fsp3) is 0.391. The van der Waals surface area contributed by atoms with E-state index in [0.717, 1.165) is 0 Å². The number of pyridine rings is 2. The van der Waals surface area contributed by atoms with Crippen molar-refractivity contribution in [2.24, 2.45) is 5.92 Å². The van der Waals surface area contributed by atoms with Gasteiger partial charge in [0, 0.05) is 24.0 Å². The Morgan fingerprint density at radius 3 is 2.40 bits per heavy atom. The van der Waals surface area contributed by atoms with Crippen molar-refractivity contribution < 1.29 is 26.3 Å². The molecular formula is C23H19F6N5O. The van der Waals surface area contributed by atoms with Crippen molar-refractivity contribution in [1.29, 1.82) is 0 Å². The van der Waals surface area contributed by atoms with E-state index in [2.05, 4.69) is 15.0 Å². The predicted octanol–water partition coefficient (Wildman–Crippen LogP) is 5.10. The van der Waals surface area contributed by atoms with Gasteiger partial charge in [-0.1, -0.05) is 6.07 Å². The maximum absolute atomic E-state index is 13.5. The average Bonchev–Trinajstić information content (AvgIpc) is 3.39. The number of aryl methyl sites for hydroxylation is 1. The fourth-order valence-corrected chi connectivity index (χ4v) is 5.12. The number of rotatable bonds is 3. The molecule has 0 aromatic carbocycles. The maximum atomic E-state index is 13.5. The first kappa shape index (κ1) is 23.3. The first-order valence-electron chi connectivity index (χ1n) is 10.9. The number of alkyl halides is 6. The molecule has 3 aromatic rings. The monoisotopic (exact) mass is 495 g/mol. The highest BCUT2D eigenvalue weighted by atomic mass is 19.4. The van der Waals surface area contributed by atoms with E-state index in [9.17, 15) is 31.1 Å². The van der Waals surface area contributed by atoms with Crippen LogP contribution in [0.3, 0.4) is 0 Å². The van der Waals surface area contributed by atoms with Crippen LogP contribution in [-0.2, 0) is 12.4 Å². The summed E-state index contributed by atoms with van der Waals surface area (Å²) in [5.74, 6) is -0.0911. The van der Waals surface area contributed by atoms with Crippen LogP contribution in [0.15, 0.2) is 47.4 Å². The molecule has 0 radical (unpaired) electrons. The molecule has 1 saturated heterocycles. The van der Waals surface area contributed by atoms with Gasteiger partial charge in [0.25, 0.3) is 5.56 Å². The molecule has 2 bridgehead atoms. The van der Waals surface area contributed by atoms with Crippen molar-refractivity contribution in [2.75, 3.05) is 4.90 Å². The van der Waals surface area contributed by atoms with E-state index in [4.69, 9.17) is 0 Å². The molecule has 2 aliphatic rings. The van der Waals surface area contributed by atoms with Gasteiger partial charge < -0.3 is 4.90 Å². The smallest absolute Gasteiger partial charge is 0.343 e. The Hall–Kier alpha value is -3.44. The Balaban J connectivity index is 1.70. The fourth-order valence-electron chi connectivity index (χ4n) is 5.12. The van der Waals surface area contributed by atoms with Crippen molar-refractivity contribution in [3.63, 3.8) is 0 Å². The quantitative estimate of drug-likeness (QED) is 0.474. The molecule has 1 saturated carbocycles. The second kappa shape index (κ2) is 8.06. The van der Waals surface area contributed by atoms with Crippen molar-refractivity contribution in [3.05, 3.63) is 75.7 Å². The van der Waals surface area contributed by atoms with Crippen LogP contribution in [0.1, 0.15) is 48.1 Å². The third kappa shape index (κ3) is 4.14. The summed E-state index contributed by atoms with van der Waals surface area (Å²) < 4.78 is 82.3. The van der Waals surface area contributed by atoms with Crippen molar-refractivity contribution in [2.45, 2.75) is 50.6 Å². The molecule has 3 atom stereocenters. The van der Waals surface area contributed by atoms with Crippen LogP contribution in [0.5, 0.6) is 0 Å². The lowest BCUT2D eigenvalue weighted by Gasteiger charge is -2.37. The Kier molecular flexibility index (Phi) is 5.37. The number of hydrogen-bond acceptors (Lipinski definition) is 5. The molecule has 1 aliphatic carbocycles. The summed E-state index contributed by atoms with van der Waals surface area (Å²) in [5, 5.41) is 0. The third-order valence-electron chi connectivity index (χ3n) is 6.52. The number of piperidine rings is 1. The van der Waals surface area contributed by atoms with E-state index in [1.54, 1.807) is 25.1 Å². The van der Waals surface area contributed by atoms with E-state index in [1.807, 2.05) is 0 Å². The summed E-state index contributed by atoms with van der Waals surface area (Å²) in [4.78, 5) is 26.7. The van der Waals surface area contributed by atoms with E-state index in [0.29, 0.717) is 31.0 Å². The molecule has 5 rings (SSSR count). The Morgan fingerprint density at radius 1 is 0.943 bits per heavy atom. The molecule has 35 heavy (non-hydrogen) atoms. The van der Waals surface area contributed by atoms with E-state index < -0.39 is 41.0 Å². The average molecular weight is 495 g/mol. The standard InChI is InChI=1S/C23H19F6N5O/c1-12-3-2-4-17(31-12)34-19(35)7-8-30-21(34)20-13-5-6-15(9-13)33(20)18-11-14(22(24,25)26)10-16(32-18)23(27,28)29/h2-4,7-8,10-11,13,15,20H,5-6,9H2,1H3/t13-,15+,20-/m0/s1. The summed E-state index contributed by atoms with van der Waals surface area (Å²) in [6, 6.07) is 5.83. The second-order valence-electron chi connectivity index (χ2n) is 8.79. The minimum Gasteiger partial charge on any atom is -0.343 e. The molecular weight excluding hydrogens is 476 g/mol. The molecule has 0 N–H and O–H groups in total. The summed E-state index contributed by atoms with van der Waals surface area (Å²) >= 11 is 0. The van der Waals surface area contributed by atoms with Crippen molar-refractivity contribution >= 4 is 5.82 Å². The summed E-state index contributed by atoms with van der Waals surface area (Å²) in [7, 11) is 0. The van der Waals surface area contributed by atoms with Gasteiger partial charge in [0.05, 0.1) is 11.6 Å². The minimum atomic E-state index is -5.07. The Bertz CT molecular complexity index is 1300. The zero-order valence-corrected chi connectivity index (χ0v) is 18.3. The van der Waals surface area contributed by atoms with Crippen LogP contribution in [0.4, 0.5) is 32.2 Å². The lowest BCUT2D eigenvalue weighted by Crippen LogP contribution is -2.40. The molecule has 4 heterocycles. The van der Waals surface area contributed by atoms with Crippen molar-refractivity contribution in [3.8, 4) is 5.82 Å². The van der Waals surface area contributed by atoms with Crippen LogP contribution in [0, 0.1) is 12.8 Å². The van der Waals surface area contributed by atoms with Crippen LogP contribution in [0.2, 0.25) is 0 Å². The normalized spacial score (nSPS) is 22.1. The topological polar surface area (TPSA) is 63.9 Å². The molecule has 184 valence electrons. The molecule has 0 spiro atoms. The zero-order valence-electron chi connectivity index (χ0n) is 18.3. The Morgan fingerprint density at radius 2 is 1.71 bits per heavy atom. The first-order valence-corrected chi connectivity index (χ1v) is 10.9. The zero-order chi connectivity index (χ0) is 25.1. The first-order chi connectivity index (χ1) is 16.4. The predicted molar refractivity (Wildman–Crippen MR) is 113 cm³/mol. The highest BCUT2D eigenvalue weighted by Crippen LogP contribution is 2.52. The number of halogens is 6. The summed E-state index contributed by atoms with van der Waals surface area (Å²) in [6.45, 7) is 1.74. The van der Waals surface area contributed by atoms with Crippen LogP contribution in [-0.4, -0.2) is 25.6 Å². The number of fused-ring (bicyclic) bond motifs is 2. The van der Waals surface area contributed by atoms with Crippen LogP contribution in [0.25, 0.3) is 5.82 Å². The third-order valence-corrected chi connectivity index (χ3v) is 6.52. The van der Waals surface area contributed by atoms with Gasteiger partial charge in [-0.25, -0.2) is 19.5 Å². The van der Waals surface area contributed by atoms with Gasteiger partial charge in [0.2, 0.25) is 0 Å². The van der Waals surface area contributed by atoms with E-state index in [-0.39, 0.29) is 29.7 Å². The molecule has 0 amide bonds. The number of nitrogens with zero attached hydrogens (tertiary/aromatic N) is 5. The van der Waals surface area contributed by atoms with Crippen LogP contribution < -0.4 is 10.5 Å². The number of anilines is 1. The highest BCUT2D eigenvalue weighted by Gasteiger charge is 2.50. The molecule has 1 aliphatic heterocycles. The largest absolute Gasteiger partial charge is 0.433 e. The molecule has 12 heteroatoms. The lowest BCUT2D eigenvalue weighted by molar-refractivity contribution is -0.145. The Labute approximate surface area is 195 Å². The highest BCUT2D eigenvalue weighted by molar-refractivity contribution is 5.50. The van der Waals surface area contributed by atoms with Crippen molar-refractivity contribution in [1.82, 2.24) is 19.5 Å². The molecule has 6 nitrogen and oxygen atoms in total. The number of aromatic nitrogens is 4. The summed E-state index contributed by atoms with van der Waals surface area (Å²) in [6.07, 6.45) is -6.96. The van der Waals surface area contributed by atoms with Gasteiger partial charge in [0.15, 0.2) is 0 Å². The van der Waals surface area contributed by atoms with Gasteiger partial charge in [-0.15, -0.1) is 0 Å². The maximum Gasteiger partial charge on any atom is 0.433 e. The van der Waals surface area contributed by atoms with Gasteiger partial charge in [0.1, 0.15) is 23.2 Å². The summed E-state index contributed by atoms with van der Waals surface area (Å²) in [5.41, 5.74) is -2.88. The minimum absolute atomic E-state index is 0.0141. The number of hydrogen-bond donors (Lipinski definition) is 0. The molecule has 0 unspecified atom stereocenters. The van der Waals surface area contributed by atoms with E-state index >= 15 is 0 Å².